The van der Waals surface area contributed by atoms with Crippen molar-refractivity contribution in [2.24, 2.45) is 0 Å². The van der Waals surface area contributed by atoms with E-state index in [0.29, 0.717) is 11.8 Å². The summed E-state index contributed by atoms with van der Waals surface area (Å²) in [7, 11) is 0. The van der Waals surface area contributed by atoms with E-state index < -0.39 is 0 Å². The van der Waals surface area contributed by atoms with E-state index in [1.54, 1.807) is 25.7 Å². The van der Waals surface area contributed by atoms with Crippen molar-refractivity contribution in [3.05, 3.63) is 88.5 Å². The first-order chi connectivity index (χ1) is 8.69. The molecule has 0 spiro atoms. The second-order valence-electron chi connectivity index (χ2n) is 3.48. The molecule has 0 aliphatic heterocycles. The van der Waals surface area contributed by atoms with E-state index in [9.17, 15) is 9.59 Å². The SMILES string of the molecule is C=CC(=O)[C]1[CH][CH][CH][CH]1.C=CC(=O)[C]1[CH][CH][CH][CH]1.[Fe+2]. The maximum Gasteiger partial charge on any atom is 2.00 e. The van der Waals surface area contributed by atoms with Gasteiger partial charge in [0.05, 0.1) is 11.8 Å². The Bertz CT molecular complexity index is 279. The zero-order valence-corrected chi connectivity index (χ0v) is 11.5. The van der Waals surface area contributed by atoms with Gasteiger partial charge in [0.1, 0.15) is 0 Å². The second kappa shape index (κ2) is 10.2. The molecule has 10 radical (unpaired) electrons. The van der Waals surface area contributed by atoms with E-state index in [-0.39, 0.29) is 28.6 Å². The number of carbonyl (C=O) groups excluding carboxylic acids is 2. The normalized spacial score (nSPS) is 18.9. The van der Waals surface area contributed by atoms with Crippen LogP contribution in [0.2, 0.25) is 0 Å². The second-order valence-corrected chi connectivity index (χ2v) is 3.48. The molecule has 19 heavy (non-hydrogen) atoms. The molecule has 0 heterocycles. The Balaban J connectivity index is 0.000000324. The Labute approximate surface area is 127 Å². The molecule has 0 bridgehead atoms. The van der Waals surface area contributed by atoms with Gasteiger partial charge in [-0.2, -0.15) is 0 Å². The Morgan fingerprint density at radius 1 is 0.737 bits per heavy atom. The molecule has 0 unspecified atom stereocenters. The molecule has 3 heteroatoms. The van der Waals surface area contributed by atoms with Gasteiger partial charge in [0, 0.05) is 0 Å². The smallest absolute Gasteiger partial charge is 0.294 e. The van der Waals surface area contributed by atoms with Crippen LogP contribution in [0.25, 0.3) is 0 Å². The summed E-state index contributed by atoms with van der Waals surface area (Å²) in [5.74, 6) is 1.40. The van der Waals surface area contributed by atoms with Crippen LogP contribution in [0.1, 0.15) is 0 Å². The summed E-state index contributed by atoms with van der Waals surface area (Å²) in [5.41, 5.74) is 0. The predicted molar refractivity (Wildman–Crippen MR) is 71.3 cm³/mol. The van der Waals surface area contributed by atoms with Crippen molar-refractivity contribution < 1.29 is 26.7 Å². The molecule has 96 valence electrons. The first-order valence-corrected chi connectivity index (χ1v) is 5.46. The van der Waals surface area contributed by atoms with Crippen LogP contribution in [0.15, 0.2) is 25.3 Å². The van der Waals surface area contributed by atoms with Crippen LogP contribution < -0.4 is 0 Å². The van der Waals surface area contributed by atoms with Gasteiger partial charge in [-0.05, 0) is 63.5 Å². The molecule has 2 nitrogen and oxygen atoms in total. The van der Waals surface area contributed by atoms with Crippen LogP contribution >= 0.6 is 0 Å². The van der Waals surface area contributed by atoms with Gasteiger partial charge in [0.15, 0.2) is 11.6 Å². The van der Waals surface area contributed by atoms with Crippen LogP contribution in [0.4, 0.5) is 0 Å². The van der Waals surface area contributed by atoms with Crippen LogP contribution in [-0.2, 0) is 26.7 Å². The summed E-state index contributed by atoms with van der Waals surface area (Å²) in [6.07, 6.45) is 17.0. The van der Waals surface area contributed by atoms with Crippen molar-refractivity contribution in [2.75, 3.05) is 0 Å². The third kappa shape index (κ3) is 6.35. The van der Waals surface area contributed by atoms with E-state index in [1.165, 1.54) is 12.2 Å². The monoisotopic (exact) mass is 294 g/mol. The van der Waals surface area contributed by atoms with E-state index >= 15 is 0 Å². The van der Waals surface area contributed by atoms with Crippen molar-refractivity contribution in [1.82, 2.24) is 0 Å². The van der Waals surface area contributed by atoms with Gasteiger partial charge < -0.3 is 0 Å². The Kier molecular flexibility index (Phi) is 9.81. The molecule has 2 rings (SSSR count). The van der Waals surface area contributed by atoms with Crippen molar-refractivity contribution in [1.29, 1.82) is 0 Å². The number of carbonyl (C=O) groups is 2. The van der Waals surface area contributed by atoms with Gasteiger partial charge in [0.2, 0.25) is 0 Å². The van der Waals surface area contributed by atoms with Gasteiger partial charge in [-0.25, -0.2) is 0 Å². The summed E-state index contributed by atoms with van der Waals surface area (Å²) < 4.78 is 0. The Morgan fingerprint density at radius 2 is 1.00 bits per heavy atom. The summed E-state index contributed by atoms with van der Waals surface area (Å²) in [4.78, 5) is 21.5. The van der Waals surface area contributed by atoms with Crippen molar-refractivity contribution in [2.45, 2.75) is 0 Å². The van der Waals surface area contributed by atoms with Gasteiger partial charge in [0.25, 0.3) is 0 Å². The van der Waals surface area contributed by atoms with E-state index in [0.717, 1.165) is 0 Å². The van der Waals surface area contributed by atoms with Crippen LogP contribution in [0.5, 0.6) is 0 Å². The van der Waals surface area contributed by atoms with E-state index in [1.807, 2.05) is 25.7 Å². The quantitative estimate of drug-likeness (QED) is 0.589. The summed E-state index contributed by atoms with van der Waals surface area (Å²) in [5, 5.41) is 0. The molecule has 0 amide bonds. The molecule has 0 atom stereocenters. The predicted octanol–water partition coefficient (Wildman–Crippen LogP) is 2.29. The van der Waals surface area contributed by atoms with Crippen LogP contribution in [0, 0.1) is 63.2 Å². The largest absolute Gasteiger partial charge is 2.00 e. The maximum absolute atomic E-state index is 10.8. The summed E-state index contributed by atoms with van der Waals surface area (Å²) in [6.45, 7) is 6.73. The van der Waals surface area contributed by atoms with Crippen molar-refractivity contribution in [3.63, 3.8) is 0 Å². The minimum atomic E-state index is -0.0139. The molecule has 2 saturated carbocycles. The maximum atomic E-state index is 10.8. The minimum absolute atomic E-state index is 0. The molecule has 2 aliphatic rings. The number of rotatable bonds is 4. The molecule has 0 saturated heterocycles. The molecule has 0 aromatic rings. The van der Waals surface area contributed by atoms with E-state index in [2.05, 4.69) is 13.2 Å². The molecule has 2 fully saturated rings. The zero-order valence-electron chi connectivity index (χ0n) is 10.4. The molecule has 0 N–H and O–H groups in total. The zero-order chi connectivity index (χ0) is 13.4. The van der Waals surface area contributed by atoms with E-state index in [4.69, 9.17) is 0 Å². The Hall–Kier alpha value is -0.661. The third-order valence-electron chi connectivity index (χ3n) is 2.27. The molecule has 0 aromatic heterocycles. The summed E-state index contributed by atoms with van der Waals surface area (Å²) in [6, 6.07) is 0. The van der Waals surface area contributed by atoms with Crippen molar-refractivity contribution in [3.8, 4) is 0 Å². The standard InChI is InChI=1S/2C8H7O.Fe/c2*1-2-8(9)7-5-3-4-6-7;/h2*2-6H,1H2;/q;;+2. The van der Waals surface area contributed by atoms with Crippen LogP contribution in [-0.4, -0.2) is 11.6 Å². The van der Waals surface area contributed by atoms with Crippen LogP contribution in [0.3, 0.4) is 0 Å². The van der Waals surface area contributed by atoms with Gasteiger partial charge in [-0.15, -0.1) is 0 Å². The third-order valence-corrected chi connectivity index (χ3v) is 2.27. The molecule has 0 aromatic carbocycles. The number of allylic oxidation sites excluding steroid dienone is 2. The summed E-state index contributed by atoms with van der Waals surface area (Å²) >= 11 is 0. The van der Waals surface area contributed by atoms with Gasteiger partial charge in [-0.1, -0.05) is 13.2 Å². The molecule has 2 aliphatic carbocycles. The fourth-order valence-electron chi connectivity index (χ4n) is 1.31. The first kappa shape index (κ1) is 18.3. The van der Waals surface area contributed by atoms with Gasteiger partial charge >= 0.3 is 17.1 Å². The number of ketones is 2. The fraction of sp³-hybridized carbons (Fsp3) is 0. The average Bonchev–Trinajstić information content (AvgIpc) is 3.09. The number of hydrogen-bond donors (Lipinski definition) is 0. The average molecular weight is 294 g/mol. The molecular weight excluding hydrogens is 280 g/mol. The van der Waals surface area contributed by atoms with Crippen molar-refractivity contribution >= 4 is 11.6 Å². The molecular formula is C16H14FeO2+2. The number of hydrogen-bond acceptors (Lipinski definition) is 2. The Morgan fingerprint density at radius 3 is 1.21 bits per heavy atom. The fourth-order valence-corrected chi connectivity index (χ4v) is 1.31. The first-order valence-electron chi connectivity index (χ1n) is 5.46. The van der Waals surface area contributed by atoms with Gasteiger partial charge in [-0.3, -0.25) is 9.59 Å². The minimum Gasteiger partial charge on any atom is -0.294 e. The topological polar surface area (TPSA) is 34.1 Å².